The minimum atomic E-state index is -0.800. The molecule has 3 N–H and O–H groups in total. The first-order valence-electron chi connectivity index (χ1n) is 6.06. The second kappa shape index (κ2) is 8.82. The van der Waals surface area contributed by atoms with E-state index in [2.05, 4.69) is 5.32 Å². The maximum Gasteiger partial charge on any atom is 0.165 e. The van der Waals surface area contributed by atoms with Gasteiger partial charge in [0.1, 0.15) is 12.7 Å². The van der Waals surface area contributed by atoms with Gasteiger partial charge in [0.2, 0.25) is 0 Å². The van der Waals surface area contributed by atoms with E-state index in [0.29, 0.717) is 6.61 Å². The summed E-state index contributed by atoms with van der Waals surface area (Å²) >= 11 is 0. The third kappa shape index (κ3) is 5.98. The molecule has 0 aliphatic carbocycles. The number of hydrogen-bond acceptors (Lipinski definition) is 5. The van der Waals surface area contributed by atoms with Crippen molar-refractivity contribution in [2.45, 2.75) is 12.1 Å². The molecule has 0 saturated heterocycles. The van der Waals surface area contributed by atoms with Crippen LogP contribution in [0.3, 0.4) is 0 Å². The van der Waals surface area contributed by atoms with Crippen molar-refractivity contribution >= 4 is 0 Å². The minimum absolute atomic E-state index is 0.0287. The van der Waals surface area contributed by atoms with E-state index in [-0.39, 0.29) is 31.5 Å². The predicted molar refractivity (Wildman–Crippen MR) is 68.7 cm³/mol. The number of methoxy groups -OCH3 is 1. The highest BCUT2D eigenvalue weighted by Gasteiger charge is 2.11. The Bertz CT molecular complexity index is 364. The van der Waals surface area contributed by atoms with Crippen LogP contribution in [0.1, 0.15) is 0 Å². The fourth-order valence-corrected chi connectivity index (χ4v) is 1.49. The van der Waals surface area contributed by atoms with Crippen LogP contribution in [-0.4, -0.2) is 55.8 Å². The van der Waals surface area contributed by atoms with Crippen LogP contribution in [0.2, 0.25) is 0 Å². The molecule has 1 aromatic carbocycles. The Morgan fingerprint density at radius 3 is 2.68 bits per heavy atom. The summed E-state index contributed by atoms with van der Waals surface area (Å²) in [7, 11) is 1.53. The molecule has 0 spiro atoms. The molecule has 5 nitrogen and oxygen atoms in total. The van der Waals surface area contributed by atoms with Crippen molar-refractivity contribution in [1.82, 2.24) is 5.32 Å². The number of nitrogens with one attached hydrogen (secondary N) is 1. The van der Waals surface area contributed by atoms with Gasteiger partial charge in [0, 0.05) is 13.7 Å². The first-order valence-corrected chi connectivity index (χ1v) is 6.06. The Balaban J connectivity index is 2.28. The largest absolute Gasteiger partial charge is 0.488 e. The van der Waals surface area contributed by atoms with Crippen molar-refractivity contribution in [2.24, 2.45) is 0 Å². The quantitative estimate of drug-likeness (QED) is 0.598. The van der Waals surface area contributed by atoms with Gasteiger partial charge in [-0.15, -0.1) is 0 Å². The highest BCUT2D eigenvalue weighted by Crippen LogP contribution is 2.15. The third-order valence-corrected chi connectivity index (χ3v) is 2.50. The SMILES string of the molecule is COCC(CO)NCC(O)COc1ccccc1F. The number of rotatable bonds is 9. The van der Waals surface area contributed by atoms with Crippen LogP contribution in [0.5, 0.6) is 5.75 Å². The van der Waals surface area contributed by atoms with Crippen molar-refractivity contribution in [1.29, 1.82) is 0 Å². The standard InChI is InChI=1S/C13H20FNO4/c1-18-8-10(7-16)15-6-11(17)9-19-13-5-3-2-4-12(13)14/h2-5,10-11,15-17H,6-9H2,1H3. The van der Waals surface area contributed by atoms with Crippen LogP contribution in [-0.2, 0) is 4.74 Å². The van der Waals surface area contributed by atoms with E-state index in [9.17, 15) is 9.50 Å². The third-order valence-electron chi connectivity index (χ3n) is 2.50. The first kappa shape index (κ1) is 15.8. The molecule has 1 rings (SSSR count). The number of benzene rings is 1. The molecule has 6 heteroatoms. The number of para-hydroxylation sites is 1. The normalized spacial score (nSPS) is 14.1. The van der Waals surface area contributed by atoms with Crippen LogP contribution in [0, 0.1) is 5.82 Å². The highest BCUT2D eigenvalue weighted by molar-refractivity contribution is 5.23. The van der Waals surface area contributed by atoms with Gasteiger partial charge in [-0.2, -0.15) is 0 Å². The summed E-state index contributed by atoms with van der Waals surface area (Å²) in [6.45, 7) is 0.453. The molecule has 1 aromatic rings. The molecular weight excluding hydrogens is 253 g/mol. The fourth-order valence-electron chi connectivity index (χ4n) is 1.49. The number of halogens is 1. The zero-order chi connectivity index (χ0) is 14.1. The van der Waals surface area contributed by atoms with E-state index >= 15 is 0 Å². The lowest BCUT2D eigenvalue weighted by atomic mass is 10.3. The summed E-state index contributed by atoms with van der Waals surface area (Å²) in [5, 5.41) is 21.6. The highest BCUT2D eigenvalue weighted by atomic mass is 19.1. The van der Waals surface area contributed by atoms with E-state index in [1.807, 2.05) is 0 Å². The minimum Gasteiger partial charge on any atom is -0.488 e. The second-order valence-electron chi connectivity index (χ2n) is 4.14. The molecule has 2 atom stereocenters. The summed E-state index contributed by atoms with van der Waals surface area (Å²) in [6.07, 6.45) is -0.800. The van der Waals surface area contributed by atoms with Crippen LogP contribution >= 0.6 is 0 Å². The van der Waals surface area contributed by atoms with Crippen molar-refractivity contribution in [2.75, 3.05) is 33.5 Å². The first-order chi connectivity index (χ1) is 9.17. The monoisotopic (exact) mass is 273 g/mol. The van der Waals surface area contributed by atoms with Crippen LogP contribution < -0.4 is 10.1 Å². The van der Waals surface area contributed by atoms with E-state index in [1.165, 1.54) is 19.2 Å². The molecule has 0 amide bonds. The summed E-state index contributed by atoms with van der Waals surface area (Å²) in [5.41, 5.74) is 0. The zero-order valence-electron chi connectivity index (χ0n) is 10.9. The van der Waals surface area contributed by atoms with Crippen molar-refractivity contribution in [3.05, 3.63) is 30.1 Å². The maximum absolute atomic E-state index is 13.2. The number of ether oxygens (including phenoxy) is 2. The summed E-state index contributed by atoms with van der Waals surface area (Å²) in [5.74, 6) is -0.354. The summed E-state index contributed by atoms with van der Waals surface area (Å²) < 4.78 is 23.3. The molecule has 0 radical (unpaired) electrons. The predicted octanol–water partition coefficient (Wildman–Crippen LogP) is 0.162. The topological polar surface area (TPSA) is 71.0 Å². The molecule has 2 unspecified atom stereocenters. The van der Waals surface area contributed by atoms with Gasteiger partial charge >= 0.3 is 0 Å². The lowest BCUT2D eigenvalue weighted by molar-refractivity contribution is 0.0841. The lowest BCUT2D eigenvalue weighted by Crippen LogP contribution is -2.42. The van der Waals surface area contributed by atoms with Gasteiger partial charge in [-0.25, -0.2) is 4.39 Å². The lowest BCUT2D eigenvalue weighted by Gasteiger charge is -2.18. The molecule has 0 saturated carbocycles. The molecule has 0 heterocycles. The van der Waals surface area contributed by atoms with Crippen LogP contribution in [0.15, 0.2) is 24.3 Å². The van der Waals surface area contributed by atoms with Crippen molar-refractivity contribution in [3.8, 4) is 5.75 Å². The van der Waals surface area contributed by atoms with Gasteiger partial charge in [0.05, 0.1) is 19.3 Å². The maximum atomic E-state index is 13.2. The molecule has 0 aromatic heterocycles. The van der Waals surface area contributed by atoms with Crippen LogP contribution in [0.25, 0.3) is 0 Å². The number of aliphatic hydroxyl groups is 2. The van der Waals surface area contributed by atoms with E-state index < -0.39 is 11.9 Å². The van der Waals surface area contributed by atoms with Gasteiger partial charge in [0.15, 0.2) is 11.6 Å². The molecular formula is C13H20FNO4. The van der Waals surface area contributed by atoms with Crippen LogP contribution in [0.4, 0.5) is 4.39 Å². The molecule has 0 aliphatic rings. The van der Waals surface area contributed by atoms with Gasteiger partial charge in [-0.1, -0.05) is 12.1 Å². The zero-order valence-corrected chi connectivity index (χ0v) is 10.9. The van der Waals surface area contributed by atoms with E-state index in [0.717, 1.165) is 0 Å². The average molecular weight is 273 g/mol. The Morgan fingerprint density at radius 2 is 2.05 bits per heavy atom. The fraction of sp³-hybridized carbons (Fsp3) is 0.538. The Hall–Kier alpha value is -1.21. The summed E-state index contributed by atoms with van der Waals surface area (Å²) in [4.78, 5) is 0. The number of aliphatic hydroxyl groups excluding tert-OH is 2. The number of hydrogen-bond donors (Lipinski definition) is 3. The second-order valence-corrected chi connectivity index (χ2v) is 4.14. The Morgan fingerprint density at radius 1 is 1.32 bits per heavy atom. The Labute approximate surface area is 112 Å². The smallest absolute Gasteiger partial charge is 0.165 e. The summed E-state index contributed by atoms with van der Waals surface area (Å²) in [6, 6.07) is 5.77. The van der Waals surface area contributed by atoms with Crippen molar-refractivity contribution < 1.29 is 24.1 Å². The van der Waals surface area contributed by atoms with Gasteiger partial charge in [0.25, 0.3) is 0 Å². The van der Waals surface area contributed by atoms with E-state index in [4.69, 9.17) is 14.6 Å². The van der Waals surface area contributed by atoms with Crippen molar-refractivity contribution in [3.63, 3.8) is 0 Å². The van der Waals surface area contributed by atoms with Gasteiger partial charge in [-0.05, 0) is 12.1 Å². The average Bonchev–Trinajstić information content (AvgIpc) is 2.42. The molecule has 108 valence electrons. The molecule has 0 aliphatic heterocycles. The molecule has 19 heavy (non-hydrogen) atoms. The molecule has 0 fully saturated rings. The van der Waals surface area contributed by atoms with Gasteiger partial charge in [-0.3, -0.25) is 0 Å². The van der Waals surface area contributed by atoms with Gasteiger partial charge < -0.3 is 25.0 Å². The Kier molecular flexibility index (Phi) is 7.35. The van der Waals surface area contributed by atoms with E-state index in [1.54, 1.807) is 12.1 Å². The molecule has 0 bridgehead atoms.